The van der Waals surface area contributed by atoms with Crippen LogP contribution in [0.15, 0.2) is 35.1 Å². The van der Waals surface area contributed by atoms with Gasteiger partial charge in [0.25, 0.3) is 5.91 Å². The molecule has 0 unspecified atom stereocenters. The van der Waals surface area contributed by atoms with Crippen LogP contribution in [-0.4, -0.2) is 26.7 Å². The molecular formula is C19H22FNO4S. The van der Waals surface area contributed by atoms with E-state index in [9.17, 15) is 19.1 Å². The molecule has 0 amide bonds. The Balaban J connectivity index is 0.00000163. The predicted octanol–water partition coefficient (Wildman–Crippen LogP) is 4.87. The molecule has 0 saturated carbocycles. The number of aromatic hydroxyl groups is 1. The maximum Gasteiger partial charge on any atom is 0.307 e. The van der Waals surface area contributed by atoms with Gasteiger partial charge in [0.2, 0.25) is 0 Å². The number of hydrogen-bond acceptors (Lipinski definition) is 4. The highest BCUT2D eigenvalue weighted by Crippen LogP contribution is 2.33. The molecule has 0 spiro atoms. The standard InChI is InChI=1S/C17H16FNO4S.C2H6/c1-4-15(24-5-2)17(23)19-9(3)10(7-16(21)22)11-6-14(20)12(18)8-13(11)19;1-2/h4-6,8,20H,2,7H2,1,3H3,(H,21,22);1-2H3/b15-4-;. The summed E-state index contributed by atoms with van der Waals surface area (Å²) in [5.74, 6) is -2.97. The molecule has 0 aliphatic carbocycles. The molecule has 0 fully saturated rings. The zero-order valence-corrected chi connectivity index (χ0v) is 16.0. The van der Waals surface area contributed by atoms with Crippen molar-refractivity contribution >= 4 is 34.5 Å². The van der Waals surface area contributed by atoms with Gasteiger partial charge in [-0.25, -0.2) is 4.39 Å². The summed E-state index contributed by atoms with van der Waals surface area (Å²) in [4.78, 5) is 24.3. The van der Waals surface area contributed by atoms with E-state index in [2.05, 4.69) is 6.58 Å². The minimum absolute atomic E-state index is 0.216. The number of fused-ring (bicyclic) bond motifs is 1. The van der Waals surface area contributed by atoms with E-state index in [1.807, 2.05) is 13.8 Å². The Morgan fingerprint density at radius 2 is 1.96 bits per heavy atom. The van der Waals surface area contributed by atoms with Crippen LogP contribution in [0, 0.1) is 12.7 Å². The van der Waals surface area contributed by atoms with Gasteiger partial charge in [-0.15, -0.1) is 0 Å². The number of halogens is 1. The molecule has 0 saturated heterocycles. The fourth-order valence-corrected chi connectivity index (χ4v) is 3.07. The number of aliphatic carboxylic acids is 1. The number of aromatic nitrogens is 1. The molecule has 2 N–H and O–H groups in total. The van der Waals surface area contributed by atoms with Crippen molar-refractivity contribution in [3.8, 4) is 5.75 Å². The SMILES string of the molecule is C=CS/C(=C\C)C(=O)n1c(C)c(CC(=O)O)c2cc(O)c(F)cc21.CC. The van der Waals surface area contributed by atoms with Crippen molar-refractivity contribution in [2.24, 2.45) is 0 Å². The summed E-state index contributed by atoms with van der Waals surface area (Å²) in [7, 11) is 0. The number of carboxylic acids is 1. The van der Waals surface area contributed by atoms with Crippen molar-refractivity contribution in [2.75, 3.05) is 0 Å². The quantitative estimate of drug-likeness (QED) is 0.725. The number of phenols is 1. The second-order valence-corrected chi connectivity index (χ2v) is 6.04. The third kappa shape index (κ3) is 4.16. The fourth-order valence-electron chi connectivity index (χ4n) is 2.57. The topological polar surface area (TPSA) is 79.5 Å². The van der Waals surface area contributed by atoms with Crippen LogP contribution in [0.1, 0.15) is 36.8 Å². The molecule has 0 radical (unpaired) electrons. The lowest BCUT2D eigenvalue weighted by Gasteiger charge is -2.09. The number of rotatable bonds is 5. The first-order chi connectivity index (χ1) is 12.3. The van der Waals surface area contributed by atoms with Crippen LogP contribution >= 0.6 is 11.8 Å². The second kappa shape index (κ2) is 9.24. The molecule has 5 nitrogen and oxygen atoms in total. The first-order valence-electron chi connectivity index (χ1n) is 8.04. The number of hydrogen-bond donors (Lipinski definition) is 2. The molecule has 140 valence electrons. The Bertz CT molecular complexity index is 884. The molecule has 26 heavy (non-hydrogen) atoms. The maximum absolute atomic E-state index is 13.8. The summed E-state index contributed by atoms with van der Waals surface area (Å²) in [5, 5.41) is 20.5. The summed E-state index contributed by atoms with van der Waals surface area (Å²) in [5.41, 5.74) is 0.972. The summed E-state index contributed by atoms with van der Waals surface area (Å²) in [6.07, 6.45) is 1.26. The zero-order valence-electron chi connectivity index (χ0n) is 15.2. The van der Waals surface area contributed by atoms with Gasteiger partial charge in [0.15, 0.2) is 11.6 Å². The molecule has 1 aromatic heterocycles. The van der Waals surface area contributed by atoms with Crippen LogP contribution in [0.2, 0.25) is 0 Å². The monoisotopic (exact) mass is 379 g/mol. The molecule has 0 bridgehead atoms. The van der Waals surface area contributed by atoms with Gasteiger partial charge in [0.1, 0.15) is 0 Å². The average Bonchev–Trinajstić information content (AvgIpc) is 2.85. The molecule has 7 heteroatoms. The molecule has 0 aliphatic heterocycles. The van der Waals surface area contributed by atoms with Gasteiger partial charge in [-0.2, -0.15) is 0 Å². The lowest BCUT2D eigenvalue weighted by molar-refractivity contribution is -0.136. The Hall–Kier alpha value is -2.54. The molecule has 1 aromatic carbocycles. The van der Waals surface area contributed by atoms with Gasteiger partial charge >= 0.3 is 5.97 Å². The Morgan fingerprint density at radius 1 is 1.35 bits per heavy atom. The highest BCUT2D eigenvalue weighted by atomic mass is 32.2. The number of nitrogens with zero attached hydrogens (tertiary/aromatic N) is 1. The van der Waals surface area contributed by atoms with E-state index in [1.54, 1.807) is 19.9 Å². The zero-order chi connectivity index (χ0) is 20.0. The van der Waals surface area contributed by atoms with Crippen LogP contribution in [0.4, 0.5) is 4.39 Å². The van der Waals surface area contributed by atoms with Gasteiger partial charge in [-0.05, 0) is 30.9 Å². The van der Waals surface area contributed by atoms with E-state index in [4.69, 9.17) is 5.11 Å². The fraction of sp³-hybridized carbons (Fsp3) is 0.263. The normalized spacial score (nSPS) is 11.0. The van der Waals surface area contributed by atoms with Gasteiger partial charge in [-0.3, -0.25) is 14.2 Å². The Morgan fingerprint density at radius 3 is 2.46 bits per heavy atom. The average molecular weight is 379 g/mol. The van der Waals surface area contributed by atoms with Crippen LogP contribution in [0.5, 0.6) is 5.75 Å². The van der Waals surface area contributed by atoms with Crippen molar-refractivity contribution in [1.82, 2.24) is 4.57 Å². The second-order valence-electron chi connectivity index (χ2n) is 5.03. The largest absolute Gasteiger partial charge is 0.505 e. The van der Waals surface area contributed by atoms with Gasteiger partial charge in [0, 0.05) is 17.1 Å². The number of carboxylic acid groups (broad SMARTS) is 1. The number of phenolic OH excluding ortho intramolecular Hbond substituents is 1. The van der Waals surface area contributed by atoms with E-state index in [1.165, 1.54) is 9.98 Å². The van der Waals surface area contributed by atoms with Crippen molar-refractivity contribution in [1.29, 1.82) is 0 Å². The Kier molecular flexibility index (Phi) is 7.64. The minimum Gasteiger partial charge on any atom is -0.505 e. The van der Waals surface area contributed by atoms with Crippen molar-refractivity contribution < 1.29 is 24.2 Å². The molecule has 0 atom stereocenters. The first-order valence-corrected chi connectivity index (χ1v) is 8.92. The summed E-state index contributed by atoms with van der Waals surface area (Å²) >= 11 is 1.12. The lowest BCUT2D eigenvalue weighted by Crippen LogP contribution is -2.14. The van der Waals surface area contributed by atoms with Gasteiger partial charge < -0.3 is 10.2 Å². The molecule has 2 aromatic rings. The summed E-state index contributed by atoms with van der Waals surface area (Å²) in [6, 6.07) is 2.18. The minimum atomic E-state index is -1.08. The number of benzene rings is 1. The lowest BCUT2D eigenvalue weighted by atomic mass is 10.1. The smallest absolute Gasteiger partial charge is 0.307 e. The first kappa shape index (κ1) is 21.5. The predicted molar refractivity (Wildman–Crippen MR) is 103 cm³/mol. The van der Waals surface area contributed by atoms with Crippen molar-refractivity contribution in [3.63, 3.8) is 0 Å². The van der Waals surface area contributed by atoms with Crippen molar-refractivity contribution in [3.05, 3.63) is 52.2 Å². The molecule has 1 heterocycles. The summed E-state index contributed by atoms with van der Waals surface area (Å²) < 4.78 is 15.1. The third-order valence-electron chi connectivity index (χ3n) is 3.62. The molecule has 0 aliphatic rings. The highest BCUT2D eigenvalue weighted by Gasteiger charge is 2.23. The van der Waals surface area contributed by atoms with E-state index < -0.39 is 23.4 Å². The molecular weight excluding hydrogens is 357 g/mol. The van der Waals surface area contributed by atoms with E-state index >= 15 is 0 Å². The number of thioether (sulfide) groups is 1. The number of carbonyl (C=O) groups is 2. The number of carbonyl (C=O) groups excluding carboxylic acids is 1. The van der Waals surface area contributed by atoms with Crippen LogP contribution in [0.25, 0.3) is 10.9 Å². The van der Waals surface area contributed by atoms with Crippen LogP contribution in [0.3, 0.4) is 0 Å². The van der Waals surface area contributed by atoms with E-state index in [-0.39, 0.29) is 11.9 Å². The van der Waals surface area contributed by atoms with Crippen LogP contribution in [-0.2, 0) is 11.2 Å². The highest BCUT2D eigenvalue weighted by molar-refractivity contribution is 8.06. The molecule has 2 rings (SSSR count). The van der Waals surface area contributed by atoms with Gasteiger partial charge in [0.05, 0.1) is 16.8 Å². The van der Waals surface area contributed by atoms with Crippen molar-refractivity contribution in [2.45, 2.75) is 34.1 Å². The maximum atomic E-state index is 13.8. The van der Waals surface area contributed by atoms with E-state index in [0.717, 1.165) is 23.9 Å². The Labute approximate surface area is 155 Å². The van der Waals surface area contributed by atoms with Gasteiger partial charge in [-0.1, -0.05) is 38.3 Å². The number of allylic oxidation sites excluding steroid dienone is 2. The summed E-state index contributed by atoms with van der Waals surface area (Å²) in [6.45, 7) is 10.9. The van der Waals surface area contributed by atoms with E-state index in [0.29, 0.717) is 21.5 Å². The third-order valence-corrected chi connectivity index (χ3v) is 4.45. The van der Waals surface area contributed by atoms with Crippen LogP contribution < -0.4 is 0 Å².